The van der Waals surface area contributed by atoms with Crippen molar-refractivity contribution in [2.24, 2.45) is 0 Å². The maximum absolute atomic E-state index is 13.3. The van der Waals surface area contributed by atoms with Crippen molar-refractivity contribution in [2.45, 2.75) is 18.6 Å². The van der Waals surface area contributed by atoms with Crippen molar-refractivity contribution in [2.75, 3.05) is 18.1 Å². The summed E-state index contributed by atoms with van der Waals surface area (Å²) in [5.41, 5.74) is -0.243. The molecule has 1 aromatic carbocycles. The van der Waals surface area contributed by atoms with E-state index < -0.39 is 16.4 Å². The lowest BCUT2D eigenvalue weighted by molar-refractivity contribution is -0.386. The van der Waals surface area contributed by atoms with Crippen LogP contribution in [0.2, 0.25) is 0 Å². The van der Waals surface area contributed by atoms with Crippen LogP contribution in [0.25, 0.3) is 0 Å². The largest absolute Gasteiger partial charge is 0.379 e. The van der Waals surface area contributed by atoms with Crippen molar-refractivity contribution in [3.05, 3.63) is 34.1 Å². The molecule has 0 heterocycles. The molecule has 0 spiro atoms. The summed E-state index contributed by atoms with van der Waals surface area (Å²) in [5, 5.41) is 14.1. The zero-order chi connectivity index (χ0) is 12.8. The molecule has 94 valence electrons. The first-order valence-electron chi connectivity index (χ1n) is 5.25. The lowest BCUT2D eigenvalue weighted by atomic mass is 10.2. The average molecular weight is 258 g/mol. The number of rotatable bonds is 6. The molecule has 1 rings (SSSR count). The second-order valence-corrected chi connectivity index (χ2v) is 4.93. The summed E-state index contributed by atoms with van der Waals surface area (Å²) in [4.78, 5) is 10.0. The molecule has 1 atom stereocenters. The Morgan fingerprint density at radius 1 is 1.59 bits per heavy atom. The average Bonchev–Trinajstić information content (AvgIpc) is 2.28. The van der Waals surface area contributed by atoms with Crippen molar-refractivity contribution in [1.82, 2.24) is 0 Å². The zero-order valence-electron chi connectivity index (χ0n) is 9.77. The minimum Gasteiger partial charge on any atom is -0.379 e. The Balaban J connectivity index is 2.71. The van der Waals surface area contributed by atoms with E-state index >= 15 is 0 Å². The van der Waals surface area contributed by atoms with Crippen LogP contribution in [0.4, 0.5) is 15.8 Å². The molecule has 1 aromatic rings. The molecule has 0 aliphatic heterocycles. The lowest BCUT2D eigenvalue weighted by Crippen LogP contribution is -2.09. The number of nitrogens with one attached hydrogen (secondary N) is 1. The van der Waals surface area contributed by atoms with Gasteiger partial charge in [0, 0.05) is 11.8 Å². The van der Waals surface area contributed by atoms with E-state index in [2.05, 4.69) is 12.2 Å². The van der Waals surface area contributed by atoms with Gasteiger partial charge in [0.1, 0.15) is 5.69 Å². The minimum absolute atomic E-state index is 0.239. The number of nitrogens with zero attached hydrogens (tertiary/aromatic N) is 1. The van der Waals surface area contributed by atoms with Gasteiger partial charge in [-0.1, -0.05) is 13.0 Å². The number of halogens is 1. The highest BCUT2D eigenvalue weighted by Gasteiger charge is 2.19. The second kappa shape index (κ2) is 6.44. The molecule has 1 N–H and O–H groups in total. The molecule has 0 amide bonds. The topological polar surface area (TPSA) is 55.2 Å². The first-order valence-corrected chi connectivity index (χ1v) is 6.54. The van der Waals surface area contributed by atoms with Crippen LogP contribution in [0.15, 0.2) is 18.2 Å². The van der Waals surface area contributed by atoms with Gasteiger partial charge in [-0.25, -0.2) is 0 Å². The van der Waals surface area contributed by atoms with E-state index in [0.717, 1.165) is 12.5 Å². The summed E-state index contributed by atoms with van der Waals surface area (Å²) < 4.78 is 13.3. The van der Waals surface area contributed by atoms with Gasteiger partial charge in [0.25, 0.3) is 0 Å². The summed E-state index contributed by atoms with van der Waals surface area (Å²) in [6.45, 7) is 2.67. The van der Waals surface area contributed by atoms with E-state index in [-0.39, 0.29) is 5.69 Å². The highest BCUT2D eigenvalue weighted by Crippen LogP contribution is 2.27. The molecule has 0 aliphatic rings. The number of hydrogen-bond acceptors (Lipinski definition) is 4. The van der Waals surface area contributed by atoms with Crippen LogP contribution in [0.3, 0.4) is 0 Å². The molecule has 0 saturated heterocycles. The number of benzene rings is 1. The van der Waals surface area contributed by atoms with Gasteiger partial charge in [-0.2, -0.15) is 16.2 Å². The van der Waals surface area contributed by atoms with Gasteiger partial charge in [0.2, 0.25) is 5.82 Å². The van der Waals surface area contributed by atoms with Crippen molar-refractivity contribution in [1.29, 1.82) is 0 Å². The minimum atomic E-state index is -0.807. The Morgan fingerprint density at radius 2 is 2.29 bits per heavy atom. The van der Waals surface area contributed by atoms with E-state index in [1.54, 1.807) is 11.8 Å². The number of anilines is 1. The first-order chi connectivity index (χ1) is 8.06. The normalized spacial score (nSPS) is 12.2. The van der Waals surface area contributed by atoms with Gasteiger partial charge < -0.3 is 5.32 Å². The first kappa shape index (κ1) is 13.8. The molecule has 0 saturated carbocycles. The smallest absolute Gasteiger partial charge is 0.327 e. The van der Waals surface area contributed by atoms with Gasteiger partial charge in [0.05, 0.1) is 4.92 Å². The fourth-order valence-corrected chi connectivity index (χ4v) is 1.73. The Labute approximate surface area is 104 Å². The van der Waals surface area contributed by atoms with E-state index in [1.165, 1.54) is 12.1 Å². The van der Waals surface area contributed by atoms with Crippen LogP contribution in [0.5, 0.6) is 0 Å². The SMILES string of the molecule is CSC(C)CCNc1cccc(F)c1[N+](=O)[O-]. The summed E-state index contributed by atoms with van der Waals surface area (Å²) >= 11 is 1.73. The van der Waals surface area contributed by atoms with Crippen molar-refractivity contribution >= 4 is 23.1 Å². The lowest BCUT2D eigenvalue weighted by Gasteiger charge is -2.10. The highest BCUT2D eigenvalue weighted by molar-refractivity contribution is 7.99. The Bertz CT molecular complexity index is 401. The third-order valence-electron chi connectivity index (χ3n) is 2.44. The van der Waals surface area contributed by atoms with Gasteiger partial charge in [-0.15, -0.1) is 0 Å². The fourth-order valence-electron chi connectivity index (χ4n) is 1.37. The molecule has 0 aromatic heterocycles. The number of nitro groups is 1. The van der Waals surface area contributed by atoms with Gasteiger partial charge in [-0.05, 0) is 24.8 Å². The summed E-state index contributed by atoms with van der Waals surface area (Å²) in [6.07, 6.45) is 2.88. The molecule has 6 heteroatoms. The Kier molecular flexibility index (Phi) is 5.21. The third-order valence-corrected chi connectivity index (χ3v) is 3.48. The molecule has 0 bridgehead atoms. The molecule has 17 heavy (non-hydrogen) atoms. The van der Waals surface area contributed by atoms with Crippen LogP contribution in [0, 0.1) is 15.9 Å². The van der Waals surface area contributed by atoms with Crippen LogP contribution in [-0.4, -0.2) is 23.0 Å². The molecular formula is C11H15FN2O2S. The van der Waals surface area contributed by atoms with Gasteiger partial charge in [0.15, 0.2) is 0 Å². The van der Waals surface area contributed by atoms with Crippen LogP contribution < -0.4 is 5.32 Å². The third kappa shape index (κ3) is 3.89. The van der Waals surface area contributed by atoms with Gasteiger partial charge >= 0.3 is 5.69 Å². The standard InChI is InChI=1S/C11H15FN2O2S/c1-8(17-2)6-7-13-10-5-3-4-9(12)11(10)14(15)16/h3-5,8,13H,6-7H2,1-2H3. The summed E-state index contributed by atoms with van der Waals surface area (Å²) in [7, 11) is 0. The monoisotopic (exact) mass is 258 g/mol. The molecule has 0 fully saturated rings. The maximum Gasteiger partial charge on any atom is 0.327 e. The highest BCUT2D eigenvalue weighted by atomic mass is 32.2. The quantitative estimate of drug-likeness (QED) is 0.628. The number of thioether (sulfide) groups is 1. The molecule has 0 radical (unpaired) electrons. The van der Waals surface area contributed by atoms with E-state index in [9.17, 15) is 14.5 Å². The Morgan fingerprint density at radius 3 is 2.88 bits per heavy atom. The summed E-state index contributed by atoms with van der Waals surface area (Å²) in [6, 6.07) is 4.07. The zero-order valence-corrected chi connectivity index (χ0v) is 10.6. The number of hydrogen-bond donors (Lipinski definition) is 1. The van der Waals surface area contributed by atoms with E-state index in [1.807, 2.05) is 6.26 Å². The molecular weight excluding hydrogens is 243 g/mol. The predicted octanol–water partition coefficient (Wildman–Crippen LogP) is 3.29. The second-order valence-electron chi connectivity index (χ2n) is 3.65. The Hall–Kier alpha value is -1.30. The van der Waals surface area contributed by atoms with E-state index in [4.69, 9.17) is 0 Å². The van der Waals surface area contributed by atoms with E-state index in [0.29, 0.717) is 11.8 Å². The van der Waals surface area contributed by atoms with Crippen LogP contribution in [-0.2, 0) is 0 Å². The number of nitro benzene ring substituents is 1. The molecule has 0 aliphatic carbocycles. The predicted molar refractivity (Wildman–Crippen MR) is 69.1 cm³/mol. The number of para-hydroxylation sites is 1. The van der Waals surface area contributed by atoms with Crippen LogP contribution >= 0.6 is 11.8 Å². The van der Waals surface area contributed by atoms with Crippen molar-refractivity contribution in [3.8, 4) is 0 Å². The van der Waals surface area contributed by atoms with Crippen molar-refractivity contribution in [3.63, 3.8) is 0 Å². The fraction of sp³-hybridized carbons (Fsp3) is 0.455. The maximum atomic E-state index is 13.3. The van der Waals surface area contributed by atoms with Crippen molar-refractivity contribution < 1.29 is 9.31 Å². The van der Waals surface area contributed by atoms with Crippen LogP contribution in [0.1, 0.15) is 13.3 Å². The molecule has 1 unspecified atom stereocenters. The molecule has 4 nitrogen and oxygen atoms in total. The summed E-state index contributed by atoms with van der Waals surface area (Å²) in [5.74, 6) is -0.807. The van der Waals surface area contributed by atoms with Gasteiger partial charge in [-0.3, -0.25) is 10.1 Å².